The van der Waals surface area contributed by atoms with Crippen LogP contribution < -0.4 is 20.3 Å². The van der Waals surface area contributed by atoms with Gasteiger partial charge < -0.3 is 25.4 Å². The highest BCUT2D eigenvalue weighted by Crippen LogP contribution is 2.27. The number of aryl methyl sites for hydroxylation is 1. The molecule has 0 unspecified atom stereocenters. The first-order valence-corrected chi connectivity index (χ1v) is 10.6. The molecule has 3 amide bonds. The van der Waals surface area contributed by atoms with Crippen LogP contribution in [0.4, 0.5) is 11.4 Å². The standard InChI is InChI=1S/C24H29N3O5/c1-15-5-4-6-21(17(15)3)26-22(29)14-32-20-9-7-19(8-10-20)27-13-18(11-23(27)30)24(31)25-12-16(2)28/h4-10,16,18,28H,11-14H2,1-3H3,(H,25,31)(H,26,29)/t16-,18+/m1/s1. The molecule has 1 aliphatic rings. The molecule has 8 heteroatoms. The zero-order valence-corrected chi connectivity index (χ0v) is 18.6. The maximum absolute atomic E-state index is 12.4. The summed E-state index contributed by atoms with van der Waals surface area (Å²) < 4.78 is 5.57. The van der Waals surface area contributed by atoms with Gasteiger partial charge in [0.1, 0.15) is 5.75 Å². The summed E-state index contributed by atoms with van der Waals surface area (Å²) in [4.78, 5) is 38.3. The summed E-state index contributed by atoms with van der Waals surface area (Å²) in [7, 11) is 0. The fraction of sp³-hybridized carbons (Fsp3) is 0.375. The van der Waals surface area contributed by atoms with Crippen LogP contribution in [-0.4, -0.2) is 48.6 Å². The predicted molar refractivity (Wildman–Crippen MR) is 122 cm³/mol. The Morgan fingerprint density at radius 2 is 1.91 bits per heavy atom. The molecule has 8 nitrogen and oxygen atoms in total. The van der Waals surface area contributed by atoms with E-state index in [0.29, 0.717) is 11.4 Å². The summed E-state index contributed by atoms with van der Waals surface area (Å²) in [5.74, 6) is -0.586. The minimum absolute atomic E-state index is 0.127. The molecule has 2 atom stereocenters. The lowest BCUT2D eigenvalue weighted by atomic mass is 10.1. The largest absolute Gasteiger partial charge is 0.484 e. The number of hydrogen-bond donors (Lipinski definition) is 3. The van der Waals surface area contributed by atoms with Gasteiger partial charge in [-0.15, -0.1) is 0 Å². The van der Waals surface area contributed by atoms with Gasteiger partial charge in [0.05, 0.1) is 12.0 Å². The molecule has 1 fully saturated rings. The molecule has 32 heavy (non-hydrogen) atoms. The SMILES string of the molecule is Cc1cccc(NC(=O)COc2ccc(N3C[C@@H](C(=O)NC[C@@H](C)O)CC3=O)cc2)c1C. The molecule has 170 valence electrons. The van der Waals surface area contributed by atoms with E-state index in [1.165, 1.54) is 0 Å². The molecule has 2 aromatic rings. The molecule has 1 aliphatic heterocycles. The molecule has 0 aliphatic carbocycles. The first-order valence-electron chi connectivity index (χ1n) is 10.6. The highest BCUT2D eigenvalue weighted by Gasteiger charge is 2.35. The van der Waals surface area contributed by atoms with Crippen molar-refractivity contribution in [2.75, 3.05) is 29.9 Å². The van der Waals surface area contributed by atoms with Gasteiger partial charge in [-0.2, -0.15) is 0 Å². The summed E-state index contributed by atoms with van der Waals surface area (Å²) in [5.41, 5.74) is 3.53. The van der Waals surface area contributed by atoms with Crippen LogP contribution >= 0.6 is 0 Å². The van der Waals surface area contributed by atoms with Crippen LogP contribution in [0.2, 0.25) is 0 Å². The second-order valence-electron chi connectivity index (χ2n) is 8.08. The van der Waals surface area contributed by atoms with E-state index >= 15 is 0 Å². The molecule has 0 bridgehead atoms. The molecule has 0 radical (unpaired) electrons. The Labute approximate surface area is 187 Å². The van der Waals surface area contributed by atoms with E-state index in [1.54, 1.807) is 36.1 Å². The second-order valence-corrected chi connectivity index (χ2v) is 8.08. The highest BCUT2D eigenvalue weighted by atomic mass is 16.5. The molecule has 1 saturated heterocycles. The summed E-state index contributed by atoms with van der Waals surface area (Å²) in [6.07, 6.45) is -0.509. The van der Waals surface area contributed by atoms with Crippen molar-refractivity contribution >= 4 is 29.1 Å². The molecular formula is C24H29N3O5. The Bertz CT molecular complexity index is 988. The second kappa shape index (κ2) is 10.3. The molecule has 0 aromatic heterocycles. The molecular weight excluding hydrogens is 410 g/mol. The van der Waals surface area contributed by atoms with Gasteiger partial charge in [-0.05, 0) is 62.2 Å². The van der Waals surface area contributed by atoms with Crippen molar-refractivity contribution in [1.29, 1.82) is 0 Å². The van der Waals surface area contributed by atoms with Crippen molar-refractivity contribution in [1.82, 2.24) is 5.32 Å². The average Bonchev–Trinajstić information content (AvgIpc) is 3.16. The normalized spacial score (nSPS) is 16.6. The van der Waals surface area contributed by atoms with Crippen LogP contribution in [0.3, 0.4) is 0 Å². The van der Waals surface area contributed by atoms with E-state index < -0.39 is 12.0 Å². The minimum Gasteiger partial charge on any atom is -0.484 e. The number of anilines is 2. The number of carbonyl (C=O) groups excluding carboxylic acids is 3. The van der Waals surface area contributed by atoms with Crippen LogP contribution in [-0.2, 0) is 14.4 Å². The van der Waals surface area contributed by atoms with Gasteiger partial charge >= 0.3 is 0 Å². The average molecular weight is 440 g/mol. The third-order valence-corrected chi connectivity index (χ3v) is 5.46. The van der Waals surface area contributed by atoms with Gasteiger partial charge in [0.25, 0.3) is 5.91 Å². The number of aliphatic hydroxyl groups excluding tert-OH is 1. The number of carbonyl (C=O) groups is 3. The number of hydrogen-bond acceptors (Lipinski definition) is 5. The van der Waals surface area contributed by atoms with Gasteiger partial charge in [-0.25, -0.2) is 0 Å². The maximum atomic E-state index is 12.4. The number of rotatable bonds is 8. The Balaban J connectivity index is 1.52. The first-order chi connectivity index (χ1) is 15.2. The van der Waals surface area contributed by atoms with Crippen LogP contribution in [0.25, 0.3) is 0 Å². The topological polar surface area (TPSA) is 108 Å². The number of ether oxygens (including phenoxy) is 1. The third-order valence-electron chi connectivity index (χ3n) is 5.46. The monoisotopic (exact) mass is 439 g/mol. The lowest BCUT2D eigenvalue weighted by Crippen LogP contribution is -2.36. The Hall–Kier alpha value is -3.39. The summed E-state index contributed by atoms with van der Waals surface area (Å²) in [6.45, 7) is 5.82. The number of aliphatic hydroxyl groups is 1. The van der Waals surface area contributed by atoms with E-state index in [2.05, 4.69) is 10.6 Å². The fourth-order valence-electron chi connectivity index (χ4n) is 3.47. The lowest BCUT2D eigenvalue weighted by molar-refractivity contribution is -0.126. The molecule has 0 spiro atoms. The third kappa shape index (κ3) is 5.85. The van der Waals surface area contributed by atoms with Crippen molar-refractivity contribution in [2.24, 2.45) is 5.92 Å². The quantitative estimate of drug-likeness (QED) is 0.584. The summed E-state index contributed by atoms with van der Waals surface area (Å²) in [5, 5.41) is 14.8. The molecule has 1 heterocycles. The van der Waals surface area contributed by atoms with E-state index in [1.807, 2.05) is 32.0 Å². The highest BCUT2D eigenvalue weighted by molar-refractivity contribution is 6.00. The number of nitrogens with zero attached hydrogens (tertiary/aromatic N) is 1. The van der Waals surface area contributed by atoms with Crippen LogP contribution in [0, 0.1) is 19.8 Å². The number of amides is 3. The smallest absolute Gasteiger partial charge is 0.262 e. The zero-order chi connectivity index (χ0) is 23.3. The number of benzene rings is 2. The molecule has 3 rings (SSSR count). The van der Waals surface area contributed by atoms with Gasteiger partial charge in [0, 0.05) is 30.9 Å². The van der Waals surface area contributed by atoms with Crippen molar-refractivity contribution in [2.45, 2.75) is 33.3 Å². The van der Waals surface area contributed by atoms with Gasteiger partial charge in [-0.3, -0.25) is 14.4 Å². The summed E-state index contributed by atoms with van der Waals surface area (Å²) >= 11 is 0. The van der Waals surface area contributed by atoms with Gasteiger partial charge in [0.15, 0.2) is 6.61 Å². The van der Waals surface area contributed by atoms with Crippen molar-refractivity contribution < 1.29 is 24.2 Å². The Morgan fingerprint density at radius 3 is 2.59 bits per heavy atom. The minimum atomic E-state index is -0.636. The predicted octanol–water partition coefficient (Wildman–Crippen LogP) is 2.17. The molecule has 0 saturated carbocycles. The van der Waals surface area contributed by atoms with Crippen molar-refractivity contribution in [3.63, 3.8) is 0 Å². The van der Waals surface area contributed by atoms with Crippen molar-refractivity contribution in [3.05, 3.63) is 53.6 Å². The van der Waals surface area contributed by atoms with Crippen LogP contribution in [0.15, 0.2) is 42.5 Å². The fourth-order valence-corrected chi connectivity index (χ4v) is 3.47. The lowest BCUT2D eigenvalue weighted by Gasteiger charge is -2.17. The van der Waals surface area contributed by atoms with Gasteiger partial charge in [-0.1, -0.05) is 12.1 Å². The molecule has 3 N–H and O–H groups in total. The number of nitrogens with one attached hydrogen (secondary N) is 2. The summed E-state index contributed by atoms with van der Waals surface area (Å²) in [6, 6.07) is 12.6. The van der Waals surface area contributed by atoms with Crippen LogP contribution in [0.1, 0.15) is 24.5 Å². The Kier molecular flexibility index (Phi) is 7.48. The van der Waals surface area contributed by atoms with Crippen molar-refractivity contribution in [3.8, 4) is 5.75 Å². The first kappa shape index (κ1) is 23.3. The van der Waals surface area contributed by atoms with E-state index in [0.717, 1.165) is 16.8 Å². The van der Waals surface area contributed by atoms with Crippen LogP contribution in [0.5, 0.6) is 5.75 Å². The molecule has 2 aromatic carbocycles. The van der Waals surface area contributed by atoms with E-state index in [4.69, 9.17) is 4.74 Å². The maximum Gasteiger partial charge on any atom is 0.262 e. The van der Waals surface area contributed by atoms with E-state index in [-0.39, 0.29) is 43.8 Å². The zero-order valence-electron chi connectivity index (χ0n) is 18.6. The van der Waals surface area contributed by atoms with Gasteiger partial charge in [0.2, 0.25) is 11.8 Å². The Morgan fingerprint density at radius 1 is 1.19 bits per heavy atom. The van der Waals surface area contributed by atoms with E-state index in [9.17, 15) is 19.5 Å².